The van der Waals surface area contributed by atoms with Crippen molar-refractivity contribution in [2.24, 2.45) is 0 Å². The fourth-order valence-electron chi connectivity index (χ4n) is 3.34. The van der Waals surface area contributed by atoms with Crippen LogP contribution in [0.3, 0.4) is 0 Å². The summed E-state index contributed by atoms with van der Waals surface area (Å²) in [7, 11) is -3.67. The van der Waals surface area contributed by atoms with Gasteiger partial charge in [0.05, 0.1) is 23.2 Å². The van der Waals surface area contributed by atoms with Gasteiger partial charge >= 0.3 is 0 Å². The number of hydrogen-bond acceptors (Lipinski definition) is 4. The van der Waals surface area contributed by atoms with E-state index in [2.05, 4.69) is 9.44 Å². The Hall–Kier alpha value is -2.42. The van der Waals surface area contributed by atoms with Crippen molar-refractivity contribution in [2.75, 3.05) is 22.8 Å². The maximum Gasteiger partial charge on any atom is 0.299 e. The van der Waals surface area contributed by atoms with Gasteiger partial charge in [-0.1, -0.05) is 31.2 Å². The van der Waals surface area contributed by atoms with Crippen LogP contribution in [0.1, 0.15) is 31.9 Å². The second kappa shape index (κ2) is 8.94. The van der Waals surface area contributed by atoms with Crippen LogP contribution in [0, 0.1) is 0 Å². The van der Waals surface area contributed by atoms with Gasteiger partial charge in [0.15, 0.2) is 0 Å². The number of fused-ring (bicyclic) bond motifs is 2. The minimum Gasteiger partial charge on any atom is -0.369 e. The van der Waals surface area contributed by atoms with E-state index in [-0.39, 0.29) is 25.2 Å². The van der Waals surface area contributed by atoms with E-state index < -0.39 is 10.2 Å². The van der Waals surface area contributed by atoms with Crippen LogP contribution < -0.4 is 14.3 Å². The molecule has 2 N–H and O–H groups in total. The van der Waals surface area contributed by atoms with Gasteiger partial charge in [-0.15, -0.1) is 0 Å². The number of aryl methyl sites for hydroxylation is 2. The van der Waals surface area contributed by atoms with E-state index in [4.69, 9.17) is 4.74 Å². The molecule has 2 aromatic rings. The van der Waals surface area contributed by atoms with Gasteiger partial charge in [-0.25, -0.2) is 0 Å². The van der Waals surface area contributed by atoms with Gasteiger partial charge in [0.1, 0.15) is 6.61 Å². The maximum atomic E-state index is 13.1. The van der Waals surface area contributed by atoms with E-state index in [1.54, 1.807) is 24.0 Å². The molecule has 0 fully saturated rings. The molecule has 29 heavy (non-hydrogen) atoms. The van der Waals surface area contributed by atoms with Crippen LogP contribution >= 0.6 is 0 Å². The molecule has 0 saturated heterocycles. The van der Waals surface area contributed by atoms with E-state index in [0.717, 1.165) is 29.7 Å². The van der Waals surface area contributed by atoms with Gasteiger partial charge < -0.3 is 4.74 Å². The summed E-state index contributed by atoms with van der Waals surface area (Å²) in [5.41, 5.74) is 3.91. The zero-order valence-corrected chi connectivity index (χ0v) is 17.8. The Bertz CT molecular complexity index is 989. The van der Waals surface area contributed by atoms with E-state index in [1.165, 1.54) is 0 Å². The molecule has 1 heterocycles. The number of hydrogen-bond donors (Lipinski definition) is 2. The SMILES string of the molecule is CCNS(=O)(=O)Nc1ccc2c(c1)N(C(=O)COC(C)C)c1ccccc1CC2. The highest BCUT2D eigenvalue weighted by molar-refractivity contribution is 7.90. The number of rotatable bonds is 7. The molecule has 1 amide bonds. The van der Waals surface area contributed by atoms with Crippen LogP contribution in [0.5, 0.6) is 0 Å². The van der Waals surface area contributed by atoms with Gasteiger partial charge in [-0.3, -0.25) is 14.4 Å². The van der Waals surface area contributed by atoms with Gasteiger partial charge in [-0.05, 0) is 56.0 Å². The van der Waals surface area contributed by atoms with Gasteiger partial charge in [0.2, 0.25) is 0 Å². The summed E-state index contributed by atoms with van der Waals surface area (Å²) >= 11 is 0. The predicted octanol–water partition coefficient (Wildman–Crippen LogP) is 3.14. The topological polar surface area (TPSA) is 87.7 Å². The molecule has 0 aromatic heterocycles. The largest absolute Gasteiger partial charge is 0.369 e. The average molecular weight is 418 g/mol. The molecule has 7 nitrogen and oxygen atoms in total. The third-order valence-electron chi connectivity index (χ3n) is 4.60. The fraction of sp³-hybridized carbons (Fsp3) is 0.381. The van der Waals surface area contributed by atoms with Gasteiger partial charge in [0, 0.05) is 6.54 Å². The lowest BCUT2D eigenvalue weighted by Crippen LogP contribution is -2.32. The van der Waals surface area contributed by atoms with Crippen LogP contribution in [-0.4, -0.2) is 33.6 Å². The molecule has 0 unspecified atom stereocenters. The van der Waals surface area contributed by atoms with E-state index in [0.29, 0.717) is 11.4 Å². The lowest BCUT2D eigenvalue weighted by molar-refractivity contribution is -0.123. The van der Waals surface area contributed by atoms with Crippen molar-refractivity contribution in [1.29, 1.82) is 0 Å². The molecule has 1 aliphatic rings. The molecule has 0 saturated carbocycles. The molecule has 1 aliphatic heterocycles. The first-order valence-corrected chi connectivity index (χ1v) is 11.2. The molecule has 0 aliphatic carbocycles. The number of para-hydroxylation sites is 1. The van der Waals surface area contributed by atoms with Crippen LogP contribution in [0.25, 0.3) is 0 Å². The summed E-state index contributed by atoms with van der Waals surface area (Å²) < 4.78 is 34.7. The van der Waals surface area contributed by atoms with Crippen molar-refractivity contribution in [3.8, 4) is 0 Å². The van der Waals surface area contributed by atoms with Gasteiger partial charge in [0.25, 0.3) is 16.1 Å². The van der Waals surface area contributed by atoms with Crippen LogP contribution in [0.2, 0.25) is 0 Å². The molecule has 3 rings (SSSR count). The Balaban J connectivity index is 2.04. The van der Waals surface area contributed by atoms with Crippen molar-refractivity contribution in [1.82, 2.24) is 4.72 Å². The van der Waals surface area contributed by atoms with Crippen molar-refractivity contribution < 1.29 is 17.9 Å². The average Bonchev–Trinajstić information content (AvgIpc) is 2.82. The molecule has 156 valence electrons. The maximum absolute atomic E-state index is 13.1. The number of amides is 1. The molecule has 0 spiro atoms. The lowest BCUT2D eigenvalue weighted by Gasteiger charge is -2.26. The monoisotopic (exact) mass is 417 g/mol. The Morgan fingerprint density at radius 3 is 2.48 bits per heavy atom. The Labute approximate surface area is 172 Å². The highest BCUT2D eigenvalue weighted by Gasteiger charge is 2.26. The third kappa shape index (κ3) is 5.14. The number of carbonyl (C=O) groups is 1. The molecular formula is C21H27N3O4S. The molecule has 0 atom stereocenters. The standard InChI is InChI=1S/C21H27N3O4S/c1-4-22-29(26,27)23-18-12-11-17-10-9-16-7-5-6-8-19(16)24(20(17)13-18)21(25)14-28-15(2)3/h5-8,11-13,15,22-23H,4,9-10,14H2,1-3H3. The number of benzene rings is 2. The molecule has 8 heteroatoms. The van der Waals surface area contributed by atoms with Gasteiger partial charge in [-0.2, -0.15) is 13.1 Å². The fourth-order valence-corrected chi connectivity index (χ4v) is 4.23. The smallest absolute Gasteiger partial charge is 0.299 e. The van der Waals surface area contributed by atoms with Crippen LogP contribution in [0.15, 0.2) is 42.5 Å². The summed E-state index contributed by atoms with van der Waals surface area (Å²) in [6.45, 7) is 5.70. The summed E-state index contributed by atoms with van der Waals surface area (Å²) in [5, 5.41) is 0. The van der Waals surface area contributed by atoms with Crippen molar-refractivity contribution in [2.45, 2.75) is 39.7 Å². The molecule has 0 radical (unpaired) electrons. The summed E-state index contributed by atoms with van der Waals surface area (Å²) in [4.78, 5) is 14.8. The first-order valence-electron chi connectivity index (χ1n) is 9.73. The number of ether oxygens (including phenoxy) is 1. The Morgan fingerprint density at radius 2 is 1.79 bits per heavy atom. The van der Waals surface area contributed by atoms with E-state index in [1.807, 2.05) is 44.2 Å². The Morgan fingerprint density at radius 1 is 1.10 bits per heavy atom. The zero-order chi connectivity index (χ0) is 21.0. The zero-order valence-electron chi connectivity index (χ0n) is 16.9. The minimum atomic E-state index is -3.67. The highest BCUT2D eigenvalue weighted by Crippen LogP contribution is 2.37. The number of anilines is 3. The molecule has 2 aromatic carbocycles. The Kier molecular flexibility index (Phi) is 6.56. The third-order valence-corrected chi connectivity index (χ3v) is 5.77. The van der Waals surface area contributed by atoms with Crippen LogP contribution in [0.4, 0.5) is 17.1 Å². The van der Waals surface area contributed by atoms with Crippen molar-refractivity contribution >= 4 is 33.2 Å². The predicted molar refractivity (Wildman–Crippen MR) is 115 cm³/mol. The number of nitrogens with zero attached hydrogens (tertiary/aromatic N) is 1. The second-order valence-corrected chi connectivity index (χ2v) is 8.66. The molecule has 0 bridgehead atoms. The summed E-state index contributed by atoms with van der Waals surface area (Å²) in [5.74, 6) is -0.194. The van der Waals surface area contributed by atoms with Crippen molar-refractivity contribution in [3.05, 3.63) is 53.6 Å². The normalized spacial score (nSPS) is 13.6. The highest BCUT2D eigenvalue weighted by atomic mass is 32.2. The first-order chi connectivity index (χ1) is 13.8. The second-order valence-electron chi connectivity index (χ2n) is 7.16. The summed E-state index contributed by atoms with van der Waals surface area (Å²) in [6.07, 6.45) is 1.47. The number of carbonyl (C=O) groups excluding carboxylic acids is 1. The number of nitrogens with one attached hydrogen (secondary N) is 2. The van der Waals surface area contributed by atoms with E-state index in [9.17, 15) is 13.2 Å². The quantitative estimate of drug-likeness (QED) is 0.724. The summed E-state index contributed by atoms with van der Waals surface area (Å²) in [6, 6.07) is 13.1. The van der Waals surface area contributed by atoms with Crippen molar-refractivity contribution in [3.63, 3.8) is 0 Å². The lowest BCUT2D eigenvalue weighted by atomic mass is 10.0. The van der Waals surface area contributed by atoms with E-state index >= 15 is 0 Å². The first kappa shape index (κ1) is 21.3. The van der Waals surface area contributed by atoms with Crippen LogP contribution in [-0.2, 0) is 32.6 Å². The molecular weight excluding hydrogens is 390 g/mol. The minimum absolute atomic E-state index is 0.0568.